The summed E-state index contributed by atoms with van der Waals surface area (Å²) in [5.41, 5.74) is 0.273. The molecule has 1 heterocycles. The Morgan fingerprint density at radius 2 is 1.08 bits per heavy atom. The summed E-state index contributed by atoms with van der Waals surface area (Å²) in [6.45, 7) is 0. The van der Waals surface area contributed by atoms with Crippen LogP contribution in [-0.4, -0.2) is 46.2 Å². The third-order valence-electron chi connectivity index (χ3n) is 3.67. The SMILES string of the molecule is O=C(OC1C(=O)N(O)C(=O)C1OC(=O)c1ccccc1)c1ccccc1. The van der Waals surface area contributed by atoms with Crippen molar-refractivity contribution in [1.82, 2.24) is 5.06 Å². The van der Waals surface area contributed by atoms with Gasteiger partial charge in [-0.1, -0.05) is 36.4 Å². The van der Waals surface area contributed by atoms with Crippen LogP contribution in [0.3, 0.4) is 0 Å². The predicted molar refractivity (Wildman–Crippen MR) is 84.9 cm³/mol. The van der Waals surface area contributed by atoms with Crippen molar-refractivity contribution < 1.29 is 33.9 Å². The van der Waals surface area contributed by atoms with E-state index in [4.69, 9.17) is 9.47 Å². The average Bonchev–Trinajstić information content (AvgIpc) is 2.87. The van der Waals surface area contributed by atoms with Crippen LogP contribution in [0.25, 0.3) is 0 Å². The number of carbonyl (C=O) groups is 4. The number of ether oxygens (including phenoxy) is 2. The summed E-state index contributed by atoms with van der Waals surface area (Å²) in [6.07, 6.45) is -3.54. The molecule has 2 aromatic carbocycles. The van der Waals surface area contributed by atoms with E-state index in [0.29, 0.717) is 0 Å². The van der Waals surface area contributed by atoms with Crippen molar-refractivity contribution in [2.45, 2.75) is 12.2 Å². The average molecular weight is 355 g/mol. The lowest BCUT2D eigenvalue weighted by molar-refractivity contribution is -0.174. The highest BCUT2D eigenvalue weighted by Crippen LogP contribution is 2.21. The van der Waals surface area contributed by atoms with Crippen molar-refractivity contribution in [2.75, 3.05) is 0 Å². The zero-order chi connectivity index (χ0) is 18.7. The van der Waals surface area contributed by atoms with Crippen molar-refractivity contribution in [3.8, 4) is 0 Å². The fourth-order valence-electron chi connectivity index (χ4n) is 2.35. The highest BCUT2D eigenvalue weighted by Gasteiger charge is 2.53. The lowest BCUT2D eigenvalue weighted by Gasteiger charge is -2.16. The molecule has 2 unspecified atom stereocenters. The Labute approximate surface area is 147 Å². The molecule has 0 radical (unpaired) electrons. The molecule has 0 saturated carbocycles. The molecule has 1 aliphatic heterocycles. The largest absolute Gasteiger partial charge is 0.444 e. The van der Waals surface area contributed by atoms with Gasteiger partial charge in [0.2, 0.25) is 12.2 Å². The first kappa shape index (κ1) is 17.3. The summed E-state index contributed by atoms with van der Waals surface area (Å²) >= 11 is 0. The van der Waals surface area contributed by atoms with E-state index in [0.717, 1.165) is 0 Å². The summed E-state index contributed by atoms with van der Waals surface area (Å²) < 4.78 is 10.0. The lowest BCUT2D eigenvalue weighted by Crippen LogP contribution is -2.37. The normalized spacial score (nSPS) is 19.3. The molecule has 132 valence electrons. The predicted octanol–water partition coefficient (Wildman–Crippen LogP) is 1.20. The fraction of sp³-hybridized carbons (Fsp3) is 0.111. The maximum atomic E-state index is 12.1. The molecule has 2 atom stereocenters. The van der Waals surface area contributed by atoms with Crippen LogP contribution >= 0.6 is 0 Å². The van der Waals surface area contributed by atoms with Gasteiger partial charge in [0.25, 0.3) is 11.8 Å². The highest BCUT2D eigenvalue weighted by molar-refractivity contribution is 6.09. The minimum atomic E-state index is -1.77. The number of hydrogen-bond acceptors (Lipinski definition) is 7. The number of benzene rings is 2. The van der Waals surface area contributed by atoms with E-state index in [1.807, 2.05) is 0 Å². The monoisotopic (exact) mass is 355 g/mol. The van der Waals surface area contributed by atoms with Crippen LogP contribution in [0.15, 0.2) is 60.7 Å². The van der Waals surface area contributed by atoms with Gasteiger partial charge in [-0.3, -0.25) is 14.8 Å². The molecule has 2 aromatic rings. The van der Waals surface area contributed by atoms with Gasteiger partial charge < -0.3 is 9.47 Å². The van der Waals surface area contributed by atoms with Gasteiger partial charge in [-0.2, -0.15) is 0 Å². The molecule has 1 N–H and O–H groups in total. The molecule has 1 fully saturated rings. The zero-order valence-corrected chi connectivity index (χ0v) is 13.3. The van der Waals surface area contributed by atoms with Gasteiger partial charge >= 0.3 is 11.9 Å². The van der Waals surface area contributed by atoms with Crippen molar-refractivity contribution >= 4 is 23.8 Å². The first-order valence-corrected chi connectivity index (χ1v) is 7.58. The van der Waals surface area contributed by atoms with E-state index < -0.39 is 36.0 Å². The van der Waals surface area contributed by atoms with Crippen LogP contribution in [-0.2, 0) is 19.1 Å². The maximum Gasteiger partial charge on any atom is 0.339 e. The molecule has 3 rings (SSSR count). The summed E-state index contributed by atoms with van der Waals surface area (Å²) in [5.74, 6) is -4.17. The molecule has 0 spiro atoms. The number of carbonyl (C=O) groups excluding carboxylic acids is 4. The summed E-state index contributed by atoms with van der Waals surface area (Å²) in [7, 11) is 0. The molecular formula is C18H13NO7. The minimum absolute atomic E-state index is 0.136. The summed E-state index contributed by atoms with van der Waals surface area (Å²) in [5, 5.41) is 9.31. The molecular weight excluding hydrogens is 342 g/mol. The van der Waals surface area contributed by atoms with Gasteiger partial charge in [-0.25, -0.2) is 9.59 Å². The van der Waals surface area contributed by atoms with E-state index in [1.165, 1.54) is 24.3 Å². The quantitative estimate of drug-likeness (QED) is 0.498. The Bertz CT molecular complexity index is 779. The highest BCUT2D eigenvalue weighted by atomic mass is 16.6. The first-order valence-electron chi connectivity index (χ1n) is 7.58. The smallest absolute Gasteiger partial charge is 0.339 e. The Hall–Kier alpha value is -3.52. The van der Waals surface area contributed by atoms with Gasteiger partial charge in [-0.05, 0) is 24.3 Å². The first-order chi connectivity index (χ1) is 12.5. The molecule has 8 heteroatoms. The Balaban J connectivity index is 1.80. The second-order valence-corrected chi connectivity index (χ2v) is 5.37. The van der Waals surface area contributed by atoms with Gasteiger partial charge in [0.15, 0.2) is 0 Å². The molecule has 1 aliphatic rings. The third-order valence-corrected chi connectivity index (χ3v) is 3.67. The Morgan fingerprint density at radius 1 is 0.731 bits per heavy atom. The summed E-state index contributed by atoms with van der Waals surface area (Å²) in [4.78, 5) is 48.3. The van der Waals surface area contributed by atoms with Gasteiger partial charge in [0.1, 0.15) is 0 Å². The van der Waals surface area contributed by atoms with Crippen molar-refractivity contribution in [1.29, 1.82) is 0 Å². The van der Waals surface area contributed by atoms with E-state index in [1.54, 1.807) is 36.4 Å². The second-order valence-electron chi connectivity index (χ2n) is 5.37. The molecule has 26 heavy (non-hydrogen) atoms. The molecule has 8 nitrogen and oxygen atoms in total. The van der Waals surface area contributed by atoms with Crippen LogP contribution in [0.4, 0.5) is 0 Å². The lowest BCUT2D eigenvalue weighted by atomic mass is 10.2. The van der Waals surface area contributed by atoms with E-state index in [-0.39, 0.29) is 16.2 Å². The Kier molecular flexibility index (Phi) is 4.76. The molecule has 0 aromatic heterocycles. The van der Waals surface area contributed by atoms with Crippen LogP contribution < -0.4 is 0 Å². The number of imide groups is 1. The fourth-order valence-corrected chi connectivity index (χ4v) is 2.35. The van der Waals surface area contributed by atoms with Crippen LogP contribution in [0.5, 0.6) is 0 Å². The maximum absolute atomic E-state index is 12.1. The number of nitrogens with zero attached hydrogens (tertiary/aromatic N) is 1. The van der Waals surface area contributed by atoms with Gasteiger partial charge in [0.05, 0.1) is 11.1 Å². The molecule has 0 aliphatic carbocycles. The van der Waals surface area contributed by atoms with Crippen molar-refractivity contribution in [2.24, 2.45) is 0 Å². The number of hydrogen-bond donors (Lipinski definition) is 1. The van der Waals surface area contributed by atoms with E-state index in [9.17, 15) is 24.4 Å². The number of esters is 2. The van der Waals surface area contributed by atoms with Crippen molar-refractivity contribution in [3.63, 3.8) is 0 Å². The molecule has 1 saturated heterocycles. The second kappa shape index (κ2) is 7.16. The van der Waals surface area contributed by atoms with Crippen molar-refractivity contribution in [3.05, 3.63) is 71.8 Å². The number of amides is 2. The van der Waals surface area contributed by atoms with E-state index >= 15 is 0 Å². The van der Waals surface area contributed by atoms with Gasteiger partial charge in [-0.15, -0.1) is 5.06 Å². The number of rotatable bonds is 4. The van der Waals surface area contributed by atoms with Gasteiger partial charge in [0, 0.05) is 0 Å². The van der Waals surface area contributed by atoms with E-state index in [2.05, 4.69) is 0 Å². The minimum Gasteiger partial charge on any atom is -0.444 e. The molecule has 2 amide bonds. The Morgan fingerprint density at radius 3 is 1.42 bits per heavy atom. The third kappa shape index (κ3) is 3.31. The number of hydroxylamine groups is 2. The van der Waals surface area contributed by atoms with Crippen LogP contribution in [0.2, 0.25) is 0 Å². The molecule has 0 bridgehead atoms. The van der Waals surface area contributed by atoms with Crippen LogP contribution in [0, 0.1) is 0 Å². The van der Waals surface area contributed by atoms with Crippen LogP contribution in [0.1, 0.15) is 20.7 Å². The zero-order valence-electron chi connectivity index (χ0n) is 13.3. The standard InChI is InChI=1S/C18H13NO7/c20-15-13(25-17(22)11-7-3-1-4-8-11)14(16(21)19(15)24)26-18(23)12-9-5-2-6-10-12/h1-10,13-14,24H. The topological polar surface area (TPSA) is 110 Å². The summed E-state index contributed by atoms with van der Waals surface area (Å²) in [6, 6.07) is 15.5.